The van der Waals surface area contributed by atoms with Gasteiger partial charge in [-0.3, -0.25) is 4.90 Å². The largest absolute Gasteiger partial charge is 0.490 e. The van der Waals surface area contributed by atoms with Gasteiger partial charge in [0.05, 0.1) is 6.04 Å². The van der Waals surface area contributed by atoms with E-state index in [0.717, 1.165) is 37.5 Å². The van der Waals surface area contributed by atoms with Crippen molar-refractivity contribution >= 4 is 0 Å². The third-order valence-electron chi connectivity index (χ3n) is 3.94. The molecule has 0 amide bonds. The molecule has 0 spiro atoms. The Morgan fingerprint density at radius 2 is 1.89 bits per heavy atom. The first-order chi connectivity index (χ1) is 8.75. The lowest BCUT2D eigenvalue weighted by molar-refractivity contribution is -0.0152. The van der Waals surface area contributed by atoms with Crippen molar-refractivity contribution in [1.82, 2.24) is 9.80 Å². The van der Waals surface area contributed by atoms with Crippen LogP contribution in [0.1, 0.15) is 11.6 Å². The van der Waals surface area contributed by atoms with Gasteiger partial charge in [0, 0.05) is 31.7 Å². The normalized spacial score (nSPS) is 29.7. The zero-order valence-electron chi connectivity index (χ0n) is 10.7. The fraction of sp³-hybridized carbons (Fsp3) is 0.571. The maximum Gasteiger partial charge on any atom is 0.124 e. The third-order valence-corrected chi connectivity index (χ3v) is 3.94. The summed E-state index contributed by atoms with van der Waals surface area (Å²) in [5, 5.41) is 10.3. The Bertz CT molecular complexity index is 416. The molecule has 0 aromatic heterocycles. The van der Waals surface area contributed by atoms with Gasteiger partial charge in [-0.25, -0.2) is 0 Å². The first-order valence-electron chi connectivity index (χ1n) is 6.58. The molecule has 18 heavy (non-hydrogen) atoms. The van der Waals surface area contributed by atoms with Crippen LogP contribution in [0.25, 0.3) is 0 Å². The van der Waals surface area contributed by atoms with Crippen molar-refractivity contribution in [1.29, 1.82) is 0 Å². The minimum absolute atomic E-state index is 0.0867. The van der Waals surface area contributed by atoms with Crippen LogP contribution in [0.4, 0.5) is 0 Å². The molecule has 4 nitrogen and oxygen atoms in total. The molecule has 1 N–H and O–H groups in total. The Hall–Kier alpha value is -1.10. The topological polar surface area (TPSA) is 35.9 Å². The second-order valence-electron chi connectivity index (χ2n) is 5.20. The van der Waals surface area contributed by atoms with Crippen LogP contribution in [0.15, 0.2) is 24.3 Å². The van der Waals surface area contributed by atoms with E-state index >= 15 is 0 Å². The Morgan fingerprint density at radius 3 is 2.67 bits per heavy atom. The molecule has 0 radical (unpaired) electrons. The Kier molecular flexibility index (Phi) is 3.24. The summed E-state index contributed by atoms with van der Waals surface area (Å²) in [6.07, 6.45) is -0.427. The smallest absolute Gasteiger partial charge is 0.124 e. The highest BCUT2D eigenvalue weighted by Crippen LogP contribution is 2.36. The maximum atomic E-state index is 10.3. The second-order valence-corrected chi connectivity index (χ2v) is 5.20. The van der Waals surface area contributed by atoms with Crippen molar-refractivity contribution < 1.29 is 9.84 Å². The van der Waals surface area contributed by atoms with E-state index in [9.17, 15) is 5.11 Å². The number of ether oxygens (including phenoxy) is 1. The molecule has 2 aliphatic rings. The molecule has 1 fully saturated rings. The van der Waals surface area contributed by atoms with Crippen molar-refractivity contribution in [3.8, 4) is 5.75 Å². The highest BCUT2D eigenvalue weighted by molar-refractivity contribution is 5.38. The van der Waals surface area contributed by atoms with Gasteiger partial charge in [0.25, 0.3) is 0 Å². The zero-order chi connectivity index (χ0) is 12.5. The van der Waals surface area contributed by atoms with E-state index < -0.39 is 6.10 Å². The molecule has 2 atom stereocenters. The highest BCUT2D eigenvalue weighted by Gasteiger charge is 2.34. The number of hydrogen-bond donors (Lipinski definition) is 1. The first-order valence-corrected chi connectivity index (χ1v) is 6.58. The van der Waals surface area contributed by atoms with Gasteiger partial charge >= 0.3 is 0 Å². The van der Waals surface area contributed by atoms with Crippen LogP contribution in [0.5, 0.6) is 5.75 Å². The molecule has 1 aromatic carbocycles. The molecule has 98 valence electrons. The predicted octanol–water partition coefficient (Wildman–Crippen LogP) is 0.728. The summed E-state index contributed by atoms with van der Waals surface area (Å²) >= 11 is 0. The number of hydrogen-bond acceptors (Lipinski definition) is 4. The maximum absolute atomic E-state index is 10.3. The lowest BCUT2D eigenvalue weighted by Crippen LogP contribution is -2.50. The van der Waals surface area contributed by atoms with Crippen LogP contribution in [0, 0.1) is 0 Å². The summed E-state index contributed by atoms with van der Waals surface area (Å²) in [4.78, 5) is 4.71. The van der Waals surface area contributed by atoms with E-state index in [1.54, 1.807) is 0 Å². The van der Waals surface area contributed by atoms with Gasteiger partial charge in [-0.2, -0.15) is 0 Å². The van der Waals surface area contributed by atoms with E-state index in [2.05, 4.69) is 22.9 Å². The van der Waals surface area contributed by atoms with Crippen molar-refractivity contribution in [2.45, 2.75) is 12.1 Å². The van der Waals surface area contributed by atoms with Crippen LogP contribution in [0.2, 0.25) is 0 Å². The van der Waals surface area contributed by atoms with E-state index in [1.807, 2.05) is 18.2 Å². The molecule has 0 bridgehead atoms. The number of piperazine rings is 1. The molecule has 0 aliphatic carbocycles. The van der Waals surface area contributed by atoms with Crippen LogP contribution in [-0.2, 0) is 0 Å². The average molecular weight is 248 g/mol. The summed E-state index contributed by atoms with van der Waals surface area (Å²) < 4.78 is 5.59. The molecule has 3 rings (SSSR count). The number of nitrogens with zero attached hydrogens (tertiary/aromatic N) is 2. The van der Waals surface area contributed by atoms with Crippen molar-refractivity contribution in [3.05, 3.63) is 29.8 Å². The van der Waals surface area contributed by atoms with Crippen LogP contribution < -0.4 is 4.74 Å². The second kappa shape index (κ2) is 4.88. The monoisotopic (exact) mass is 248 g/mol. The summed E-state index contributed by atoms with van der Waals surface area (Å²) in [6.45, 7) is 4.53. The predicted molar refractivity (Wildman–Crippen MR) is 69.8 cm³/mol. The average Bonchev–Trinajstić information content (AvgIpc) is 2.40. The lowest BCUT2D eigenvalue weighted by atomic mass is 9.96. The molecule has 2 heterocycles. The number of fused-ring (bicyclic) bond motifs is 1. The minimum atomic E-state index is -0.427. The number of aliphatic hydroxyl groups is 1. The SMILES string of the molecule is CN1CCN(C2c3ccccc3OCC2O)CC1. The molecule has 1 aromatic rings. The molecule has 2 unspecified atom stereocenters. The summed E-state index contributed by atoms with van der Waals surface area (Å²) in [5.41, 5.74) is 1.13. The van der Waals surface area contributed by atoms with E-state index in [-0.39, 0.29) is 6.04 Å². The third kappa shape index (κ3) is 2.11. The first kappa shape index (κ1) is 12.0. The number of benzene rings is 1. The van der Waals surface area contributed by atoms with Crippen molar-refractivity contribution in [3.63, 3.8) is 0 Å². The van der Waals surface area contributed by atoms with Crippen LogP contribution in [0.3, 0.4) is 0 Å². The Morgan fingerprint density at radius 1 is 1.17 bits per heavy atom. The number of aliphatic hydroxyl groups excluding tert-OH is 1. The van der Waals surface area contributed by atoms with Gasteiger partial charge in [-0.05, 0) is 13.1 Å². The number of rotatable bonds is 1. The Labute approximate surface area is 108 Å². The molecule has 1 saturated heterocycles. The summed E-state index contributed by atoms with van der Waals surface area (Å²) in [6, 6.07) is 8.15. The summed E-state index contributed by atoms with van der Waals surface area (Å²) in [7, 11) is 2.14. The zero-order valence-corrected chi connectivity index (χ0v) is 10.7. The molecule has 4 heteroatoms. The van der Waals surface area contributed by atoms with Gasteiger partial charge in [-0.15, -0.1) is 0 Å². The summed E-state index contributed by atoms with van der Waals surface area (Å²) in [5.74, 6) is 0.923. The number of para-hydroxylation sites is 1. The van der Waals surface area contributed by atoms with Gasteiger partial charge in [-0.1, -0.05) is 18.2 Å². The van der Waals surface area contributed by atoms with Crippen LogP contribution in [-0.4, -0.2) is 60.8 Å². The van der Waals surface area contributed by atoms with Crippen molar-refractivity contribution in [2.75, 3.05) is 39.8 Å². The van der Waals surface area contributed by atoms with Gasteiger partial charge in [0.2, 0.25) is 0 Å². The molecule has 0 saturated carbocycles. The van der Waals surface area contributed by atoms with Gasteiger partial charge in [0.15, 0.2) is 0 Å². The van der Waals surface area contributed by atoms with E-state index in [1.165, 1.54) is 0 Å². The standard InChI is InChI=1S/C14H20N2O2/c1-15-6-8-16(9-7-15)14-11-4-2-3-5-13(11)18-10-12(14)17/h2-5,12,14,17H,6-10H2,1H3. The molecule has 2 aliphatic heterocycles. The lowest BCUT2D eigenvalue weighted by Gasteiger charge is -2.42. The minimum Gasteiger partial charge on any atom is -0.490 e. The quantitative estimate of drug-likeness (QED) is 0.795. The van der Waals surface area contributed by atoms with Gasteiger partial charge in [0.1, 0.15) is 18.5 Å². The molecular weight excluding hydrogens is 228 g/mol. The van der Waals surface area contributed by atoms with E-state index in [4.69, 9.17) is 4.74 Å². The fourth-order valence-corrected chi connectivity index (χ4v) is 2.87. The Balaban J connectivity index is 1.86. The van der Waals surface area contributed by atoms with Gasteiger partial charge < -0.3 is 14.7 Å². The highest BCUT2D eigenvalue weighted by atomic mass is 16.5. The van der Waals surface area contributed by atoms with Crippen molar-refractivity contribution in [2.24, 2.45) is 0 Å². The van der Waals surface area contributed by atoms with E-state index in [0.29, 0.717) is 6.61 Å². The molecular formula is C14H20N2O2. The number of likely N-dealkylation sites (N-methyl/N-ethyl adjacent to an activating group) is 1. The van der Waals surface area contributed by atoms with Crippen LogP contribution >= 0.6 is 0 Å². The fourth-order valence-electron chi connectivity index (χ4n) is 2.87.